The average Bonchev–Trinajstić information content (AvgIpc) is 3.14. The number of ketones is 3. The van der Waals surface area contributed by atoms with Gasteiger partial charge in [-0.1, -0.05) is 0 Å². The Morgan fingerprint density at radius 3 is 1.75 bits per heavy atom. The zero-order valence-electron chi connectivity index (χ0n) is 30.9. The van der Waals surface area contributed by atoms with Gasteiger partial charge in [0.15, 0.2) is 11.6 Å². The summed E-state index contributed by atoms with van der Waals surface area (Å²) in [6, 6.07) is 4.98. The Labute approximate surface area is 308 Å². The number of carbonyl (C=O) groups excluding carboxylic acids is 9. The summed E-state index contributed by atoms with van der Waals surface area (Å²) in [6.07, 6.45) is 0.443. The Balaban J connectivity index is 2.19. The van der Waals surface area contributed by atoms with Crippen molar-refractivity contribution in [3.8, 4) is 11.5 Å². The highest BCUT2D eigenvalue weighted by atomic mass is 16.5. The van der Waals surface area contributed by atoms with Gasteiger partial charge in [0, 0.05) is 70.2 Å². The van der Waals surface area contributed by atoms with Crippen molar-refractivity contribution < 1.29 is 57.4 Å². The summed E-state index contributed by atoms with van der Waals surface area (Å²) in [6.45, 7) is -0.772. The molecule has 0 saturated heterocycles. The van der Waals surface area contributed by atoms with Crippen LogP contribution in [0.5, 0.6) is 11.5 Å². The first kappa shape index (κ1) is 45.6. The number of hydrogen-bond acceptors (Lipinski definition) is 13. The van der Waals surface area contributed by atoms with E-state index in [-0.39, 0.29) is 69.9 Å². The molecule has 5 amide bonds. The third-order valence-electron chi connectivity index (χ3n) is 7.31. The first-order valence-corrected chi connectivity index (χ1v) is 17.1. The molecule has 1 aromatic rings. The second-order valence-corrected chi connectivity index (χ2v) is 12.0. The third-order valence-corrected chi connectivity index (χ3v) is 7.31. The smallest absolute Gasteiger partial charge is 0.306 e. The summed E-state index contributed by atoms with van der Waals surface area (Å²) in [5.74, 6) is -3.04. The highest BCUT2D eigenvalue weighted by Crippen LogP contribution is 2.25. The molecule has 1 rings (SSSR count). The first-order chi connectivity index (χ1) is 25.2. The molecule has 294 valence electrons. The molecule has 0 aliphatic carbocycles. The maximum atomic E-state index is 12.2. The fourth-order valence-electron chi connectivity index (χ4n) is 4.16. The van der Waals surface area contributed by atoms with Crippen LogP contribution in [0.25, 0.3) is 0 Å². The second-order valence-electron chi connectivity index (χ2n) is 12.0. The van der Waals surface area contributed by atoms with Crippen molar-refractivity contribution in [3.63, 3.8) is 0 Å². The molecular weight excluding hydrogens is 696 g/mol. The number of methoxy groups -OCH3 is 1. The molecule has 0 radical (unpaired) electrons. The number of nitrogens with one attached hydrogen (secondary N) is 5. The molecule has 0 heterocycles. The molecule has 0 saturated carbocycles. The molecule has 0 fully saturated rings. The zero-order valence-corrected chi connectivity index (χ0v) is 30.9. The lowest BCUT2D eigenvalue weighted by Crippen LogP contribution is -2.43. The standard InChI is InChI=1S/C35H52N6O12/c1-36-30(45)6-5-17-52-28-11-7-24(29(18-28)51-4)23-53-35(50)14-10-27(44)20-38-33(48)22-40-34(49)21-39-32(47)13-9-26(43)19-37-31(46)12-8-25(42)15-16-41(2)3/h7,11,18H,5-6,8-10,12-17,19-23H2,1-4H3,(H,36,45)(H,37,46)(H,38,48)(H,39,47)(H,40,49). The number of rotatable bonds is 28. The summed E-state index contributed by atoms with van der Waals surface area (Å²) in [5, 5.41) is 11.9. The van der Waals surface area contributed by atoms with Gasteiger partial charge in [-0.2, -0.15) is 0 Å². The molecule has 0 bridgehead atoms. The molecule has 5 N–H and O–H groups in total. The summed E-state index contributed by atoms with van der Waals surface area (Å²) in [5.41, 5.74) is 0.574. The monoisotopic (exact) mass is 748 g/mol. The lowest BCUT2D eigenvalue weighted by Gasteiger charge is -2.12. The number of hydrogen-bond donors (Lipinski definition) is 5. The van der Waals surface area contributed by atoms with Gasteiger partial charge in [0.05, 0.1) is 46.3 Å². The maximum absolute atomic E-state index is 12.2. The number of esters is 1. The number of Topliss-reactive ketones (excluding diaryl/α,β-unsaturated/α-hetero) is 3. The van der Waals surface area contributed by atoms with Crippen molar-refractivity contribution in [1.29, 1.82) is 0 Å². The SMILES string of the molecule is CNC(=O)CCCOc1ccc(COC(=O)CCC(=O)CNC(=O)CNC(=O)CNC(=O)CCC(=O)CNC(=O)CCC(=O)CCN(C)C)c(OC)c1. The fourth-order valence-corrected chi connectivity index (χ4v) is 4.16. The Bertz CT molecular complexity index is 1430. The van der Waals surface area contributed by atoms with Crippen LogP contribution in [-0.4, -0.2) is 125 Å². The van der Waals surface area contributed by atoms with Crippen LogP contribution >= 0.6 is 0 Å². The van der Waals surface area contributed by atoms with E-state index in [2.05, 4.69) is 26.6 Å². The zero-order chi connectivity index (χ0) is 39.6. The predicted molar refractivity (Wildman–Crippen MR) is 190 cm³/mol. The molecule has 0 unspecified atom stereocenters. The summed E-state index contributed by atoms with van der Waals surface area (Å²) >= 11 is 0. The van der Waals surface area contributed by atoms with Crippen LogP contribution in [0.3, 0.4) is 0 Å². The Hall–Kier alpha value is -5.39. The molecule has 0 spiro atoms. The van der Waals surface area contributed by atoms with Crippen molar-refractivity contribution in [1.82, 2.24) is 31.5 Å². The van der Waals surface area contributed by atoms with Crippen molar-refractivity contribution in [2.75, 3.05) is 67.6 Å². The quantitative estimate of drug-likeness (QED) is 0.0517. The van der Waals surface area contributed by atoms with Crippen molar-refractivity contribution in [2.45, 2.75) is 64.4 Å². The first-order valence-electron chi connectivity index (χ1n) is 17.1. The highest BCUT2D eigenvalue weighted by Gasteiger charge is 2.15. The normalized spacial score (nSPS) is 10.4. The lowest BCUT2D eigenvalue weighted by atomic mass is 10.1. The van der Waals surface area contributed by atoms with Gasteiger partial charge in [-0.05, 0) is 32.6 Å². The van der Waals surface area contributed by atoms with Crippen molar-refractivity contribution in [3.05, 3.63) is 23.8 Å². The number of ether oxygens (including phenoxy) is 3. The second kappa shape index (κ2) is 26.4. The maximum Gasteiger partial charge on any atom is 0.306 e. The minimum Gasteiger partial charge on any atom is -0.496 e. The van der Waals surface area contributed by atoms with Gasteiger partial charge in [-0.15, -0.1) is 0 Å². The van der Waals surface area contributed by atoms with Gasteiger partial charge in [0.1, 0.15) is 23.9 Å². The van der Waals surface area contributed by atoms with Crippen LogP contribution in [0, 0.1) is 0 Å². The number of amides is 5. The minimum atomic E-state index is -0.682. The highest BCUT2D eigenvalue weighted by molar-refractivity contribution is 5.92. The van der Waals surface area contributed by atoms with Gasteiger partial charge in [0.25, 0.3) is 0 Å². The molecule has 0 aliphatic rings. The number of nitrogens with zero attached hydrogens (tertiary/aromatic N) is 1. The summed E-state index contributed by atoms with van der Waals surface area (Å²) in [4.78, 5) is 109. The molecule has 0 aromatic heterocycles. The molecule has 53 heavy (non-hydrogen) atoms. The molecule has 18 heteroatoms. The molecule has 1 aromatic carbocycles. The minimum absolute atomic E-state index is 0.0310. The van der Waals surface area contributed by atoms with E-state index in [4.69, 9.17) is 14.2 Å². The summed E-state index contributed by atoms with van der Waals surface area (Å²) < 4.78 is 16.2. The van der Waals surface area contributed by atoms with Crippen LogP contribution in [0.4, 0.5) is 0 Å². The van der Waals surface area contributed by atoms with Gasteiger partial charge < -0.3 is 45.7 Å². The van der Waals surface area contributed by atoms with Crippen molar-refractivity contribution >= 4 is 52.9 Å². The van der Waals surface area contributed by atoms with E-state index in [0.29, 0.717) is 49.5 Å². The van der Waals surface area contributed by atoms with Gasteiger partial charge >= 0.3 is 5.97 Å². The molecule has 0 atom stereocenters. The van der Waals surface area contributed by atoms with Crippen LogP contribution in [0.15, 0.2) is 18.2 Å². The van der Waals surface area contributed by atoms with E-state index in [1.165, 1.54) is 7.11 Å². The van der Waals surface area contributed by atoms with E-state index in [9.17, 15) is 43.2 Å². The van der Waals surface area contributed by atoms with E-state index in [1.807, 2.05) is 19.0 Å². The van der Waals surface area contributed by atoms with Crippen LogP contribution < -0.4 is 36.1 Å². The Kier molecular flexibility index (Phi) is 22.7. The Morgan fingerprint density at radius 1 is 0.623 bits per heavy atom. The van der Waals surface area contributed by atoms with Gasteiger partial charge in [-0.3, -0.25) is 43.2 Å². The molecular formula is C35H52N6O12. The third kappa shape index (κ3) is 22.9. The molecule has 18 nitrogen and oxygen atoms in total. The van der Waals surface area contributed by atoms with E-state index in [1.54, 1.807) is 25.2 Å². The van der Waals surface area contributed by atoms with Crippen LogP contribution in [0.1, 0.15) is 63.4 Å². The molecule has 0 aliphatic heterocycles. The Morgan fingerprint density at radius 2 is 1.17 bits per heavy atom. The van der Waals surface area contributed by atoms with E-state index < -0.39 is 54.3 Å². The lowest BCUT2D eigenvalue weighted by molar-refractivity contribution is -0.146. The van der Waals surface area contributed by atoms with Crippen LogP contribution in [-0.2, 0) is 54.5 Å². The van der Waals surface area contributed by atoms with Gasteiger partial charge in [-0.25, -0.2) is 0 Å². The number of carbonyl (C=O) groups is 9. The van der Waals surface area contributed by atoms with Crippen molar-refractivity contribution in [2.24, 2.45) is 0 Å². The van der Waals surface area contributed by atoms with E-state index >= 15 is 0 Å². The average molecular weight is 749 g/mol. The van der Waals surface area contributed by atoms with Crippen LogP contribution in [0.2, 0.25) is 0 Å². The topological polar surface area (TPSA) is 245 Å². The largest absolute Gasteiger partial charge is 0.496 e. The predicted octanol–water partition coefficient (Wildman–Crippen LogP) is -0.892. The fraction of sp³-hybridized carbons (Fsp3) is 0.571. The van der Waals surface area contributed by atoms with E-state index in [0.717, 1.165) is 0 Å². The van der Waals surface area contributed by atoms with Gasteiger partial charge in [0.2, 0.25) is 29.5 Å². The number of benzene rings is 1. The summed E-state index contributed by atoms with van der Waals surface area (Å²) in [7, 11) is 6.69.